The number of carbonyl (C=O) groups is 1. The second-order valence-electron chi connectivity index (χ2n) is 5.70. The molecule has 1 aromatic rings. The number of benzene rings is 1. The Bertz CT molecular complexity index is 423. The van der Waals surface area contributed by atoms with E-state index in [1.807, 2.05) is 30.3 Å². The van der Waals surface area contributed by atoms with Gasteiger partial charge in [0.1, 0.15) is 12.6 Å². The van der Waals surface area contributed by atoms with Gasteiger partial charge < -0.3 is 10.1 Å². The summed E-state index contributed by atoms with van der Waals surface area (Å²) in [6.07, 6.45) is 6.04. The molecule has 2 aliphatic rings. The van der Waals surface area contributed by atoms with E-state index in [9.17, 15) is 4.79 Å². The number of rotatable bonds is 3. The highest BCUT2D eigenvalue weighted by Crippen LogP contribution is 2.33. The Morgan fingerprint density at radius 3 is 2.70 bits per heavy atom. The maximum atomic E-state index is 12.1. The van der Waals surface area contributed by atoms with Crippen LogP contribution in [0.3, 0.4) is 0 Å². The Labute approximate surface area is 126 Å². The Balaban J connectivity index is 0.00000147. The average molecular weight is 296 g/mol. The molecule has 2 unspecified atom stereocenters. The lowest BCUT2D eigenvalue weighted by atomic mass is 9.85. The Morgan fingerprint density at radius 2 is 1.95 bits per heavy atom. The SMILES string of the molecule is Cl.O=C(OCc1ccccc1)C1CC2CCCC[C@@H]2N1. The molecule has 1 aromatic carbocycles. The van der Waals surface area contributed by atoms with Crippen LogP contribution in [-0.2, 0) is 16.1 Å². The van der Waals surface area contributed by atoms with E-state index in [1.54, 1.807) is 0 Å². The lowest BCUT2D eigenvalue weighted by Gasteiger charge is -2.24. The van der Waals surface area contributed by atoms with E-state index >= 15 is 0 Å². The van der Waals surface area contributed by atoms with Gasteiger partial charge in [-0.25, -0.2) is 0 Å². The molecule has 1 aliphatic heterocycles. The number of hydrogen-bond donors (Lipinski definition) is 1. The van der Waals surface area contributed by atoms with Crippen molar-refractivity contribution < 1.29 is 9.53 Å². The molecule has 3 nitrogen and oxygen atoms in total. The summed E-state index contributed by atoms with van der Waals surface area (Å²) in [6, 6.07) is 10.3. The van der Waals surface area contributed by atoms with Gasteiger partial charge in [-0.1, -0.05) is 43.2 Å². The van der Waals surface area contributed by atoms with Gasteiger partial charge in [-0.2, -0.15) is 0 Å². The predicted molar refractivity (Wildman–Crippen MR) is 80.8 cm³/mol. The molecular weight excluding hydrogens is 274 g/mol. The fraction of sp³-hybridized carbons (Fsp3) is 0.562. The molecule has 3 atom stereocenters. The zero-order valence-corrected chi connectivity index (χ0v) is 12.4. The highest BCUT2D eigenvalue weighted by atomic mass is 35.5. The van der Waals surface area contributed by atoms with Crippen molar-refractivity contribution in [3.8, 4) is 0 Å². The molecule has 3 rings (SSSR count). The van der Waals surface area contributed by atoms with Crippen LogP contribution in [0.1, 0.15) is 37.7 Å². The van der Waals surface area contributed by atoms with Crippen LogP contribution >= 0.6 is 12.4 Å². The number of hydrogen-bond acceptors (Lipinski definition) is 3. The van der Waals surface area contributed by atoms with Crippen LogP contribution in [-0.4, -0.2) is 18.1 Å². The van der Waals surface area contributed by atoms with Crippen molar-refractivity contribution in [2.75, 3.05) is 0 Å². The lowest BCUT2D eigenvalue weighted by molar-refractivity contribution is -0.147. The van der Waals surface area contributed by atoms with Gasteiger partial charge in [0.2, 0.25) is 0 Å². The van der Waals surface area contributed by atoms with Crippen LogP contribution in [0.4, 0.5) is 0 Å². The van der Waals surface area contributed by atoms with Crippen LogP contribution in [0, 0.1) is 5.92 Å². The minimum absolute atomic E-state index is 0. The summed E-state index contributed by atoms with van der Waals surface area (Å²) in [5.41, 5.74) is 1.05. The molecule has 0 amide bonds. The van der Waals surface area contributed by atoms with Crippen molar-refractivity contribution in [1.82, 2.24) is 5.32 Å². The van der Waals surface area contributed by atoms with Gasteiger partial charge >= 0.3 is 5.97 Å². The van der Waals surface area contributed by atoms with Gasteiger partial charge in [0, 0.05) is 6.04 Å². The normalized spacial score (nSPS) is 28.3. The van der Waals surface area contributed by atoms with Crippen molar-refractivity contribution in [3.05, 3.63) is 35.9 Å². The molecule has 1 heterocycles. The average Bonchev–Trinajstić information content (AvgIpc) is 2.90. The van der Waals surface area contributed by atoms with Crippen LogP contribution in [0.5, 0.6) is 0 Å². The standard InChI is InChI=1S/C16H21NO2.ClH/c18-16(19-11-12-6-2-1-3-7-12)15-10-13-8-4-5-9-14(13)17-15;/h1-3,6-7,13-15,17H,4-5,8-11H2;1H/t13?,14-,15?;/m0./s1. The highest BCUT2D eigenvalue weighted by molar-refractivity contribution is 5.85. The van der Waals surface area contributed by atoms with E-state index in [4.69, 9.17) is 4.74 Å². The van der Waals surface area contributed by atoms with Gasteiger partial charge in [-0.05, 0) is 30.7 Å². The zero-order valence-electron chi connectivity index (χ0n) is 11.6. The van der Waals surface area contributed by atoms with E-state index in [0.29, 0.717) is 18.6 Å². The molecule has 1 saturated heterocycles. The summed E-state index contributed by atoms with van der Waals surface area (Å²) in [4.78, 5) is 12.1. The smallest absolute Gasteiger partial charge is 0.323 e. The summed E-state index contributed by atoms with van der Waals surface area (Å²) in [5.74, 6) is 0.598. The number of fused-ring (bicyclic) bond motifs is 1. The first kappa shape index (κ1) is 15.3. The third kappa shape index (κ3) is 3.53. The van der Waals surface area contributed by atoms with E-state index in [2.05, 4.69) is 5.32 Å². The topological polar surface area (TPSA) is 38.3 Å². The first-order valence-corrected chi connectivity index (χ1v) is 7.29. The third-order valence-electron chi connectivity index (χ3n) is 4.37. The van der Waals surface area contributed by atoms with Crippen molar-refractivity contribution in [3.63, 3.8) is 0 Å². The molecule has 2 fully saturated rings. The van der Waals surface area contributed by atoms with Crippen molar-refractivity contribution in [2.45, 2.75) is 50.8 Å². The molecule has 110 valence electrons. The highest BCUT2D eigenvalue weighted by Gasteiger charge is 2.38. The number of esters is 1. The van der Waals surface area contributed by atoms with E-state index in [-0.39, 0.29) is 24.4 Å². The monoisotopic (exact) mass is 295 g/mol. The fourth-order valence-corrected chi connectivity index (χ4v) is 3.33. The van der Waals surface area contributed by atoms with Crippen LogP contribution in [0.15, 0.2) is 30.3 Å². The second-order valence-corrected chi connectivity index (χ2v) is 5.70. The molecule has 0 spiro atoms. The third-order valence-corrected chi connectivity index (χ3v) is 4.37. The zero-order chi connectivity index (χ0) is 13.1. The maximum absolute atomic E-state index is 12.1. The minimum atomic E-state index is -0.0863. The largest absolute Gasteiger partial charge is 0.460 e. The van der Waals surface area contributed by atoms with Crippen molar-refractivity contribution >= 4 is 18.4 Å². The van der Waals surface area contributed by atoms with Crippen molar-refractivity contribution in [2.24, 2.45) is 5.92 Å². The van der Waals surface area contributed by atoms with Gasteiger partial charge in [0.15, 0.2) is 0 Å². The summed E-state index contributed by atoms with van der Waals surface area (Å²) < 4.78 is 5.42. The lowest BCUT2D eigenvalue weighted by Crippen LogP contribution is -2.37. The molecule has 1 saturated carbocycles. The van der Waals surface area contributed by atoms with Gasteiger partial charge in [-0.3, -0.25) is 4.79 Å². The first-order valence-electron chi connectivity index (χ1n) is 7.29. The number of halogens is 1. The Kier molecular flexibility index (Phi) is 5.44. The van der Waals surface area contributed by atoms with Gasteiger partial charge in [0.25, 0.3) is 0 Å². The molecule has 0 bridgehead atoms. The molecule has 20 heavy (non-hydrogen) atoms. The molecule has 0 aromatic heterocycles. The molecule has 1 aliphatic carbocycles. The summed E-state index contributed by atoms with van der Waals surface area (Å²) in [7, 11) is 0. The summed E-state index contributed by atoms with van der Waals surface area (Å²) in [6.45, 7) is 0.382. The first-order chi connectivity index (χ1) is 9.33. The van der Waals surface area contributed by atoms with E-state index in [1.165, 1.54) is 25.7 Å². The minimum Gasteiger partial charge on any atom is -0.460 e. The predicted octanol–water partition coefficient (Wildman–Crippen LogP) is 3.07. The maximum Gasteiger partial charge on any atom is 0.323 e. The fourth-order valence-electron chi connectivity index (χ4n) is 3.33. The number of ether oxygens (including phenoxy) is 1. The van der Waals surface area contributed by atoms with Crippen molar-refractivity contribution in [1.29, 1.82) is 0 Å². The van der Waals surface area contributed by atoms with E-state index < -0.39 is 0 Å². The Morgan fingerprint density at radius 1 is 1.20 bits per heavy atom. The molecule has 1 N–H and O–H groups in total. The Hall–Kier alpha value is -1.06. The van der Waals surface area contributed by atoms with Crippen LogP contribution in [0.25, 0.3) is 0 Å². The molecular formula is C16H22ClNO2. The molecule has 0 radical (unpaired) electrons. The van der Waals surface area contributed by atoms with Gasteiger partial charge in [0.05, 0.1) is 0 Å². The molecule has 4 heteroatoms. The summed E-state index contributed by atoms with van der Waals surface area (Å²) in [5, 5.41) is 3.45. The van der Waals surface area contributed by atoms with Crippen LogP contribution < -0.4 is 5.32 Å². The number of nitrogens with one attached hydrogen (secondary N) is 1. The van der Waals surface area contributed by atoms with E-state index in [0.717, 1.165) is 12.0 Å². The number of carbonyl (C=O) groups excluding carboxylic acids is 1. The second kappa shape index (κ2) is 7.09. The van der Waals surface area contributed by atoms with Gasteiger partial charge in [-0.15, -0.1) is 12.4 Å². The summed E-state index contributed by atoms with van der Waals surface area (Å²) >= 11 is 0. The van der Waals surface area contributed by atoms with Crippen LogP contribution in [0.2, 0.25) is 0 Å². The quantitative estimate of drug-likeness (QED) is 0.871.